The van der Waals surface area contributed by atoms with Gasteiger partial charge in [0.25, 0.3) is 11.8 Å². The molecule has 0 fully saturated rings. The van der Waals surface area contributed by atoms with Crippen molar-refractivity contribution in [1.29, 1.82) is 0 Å². The molecular weight excluding hydrogens is 430 g/mol. The number of Topliss-reactive ketones (excluding diaryl/α,β-unsaturated/α-hetero) is 1. The second-order valence-electron chi connectivity index (χ2n) is 8.90. The summed E-state index contributed by atoms with van der Waals surface area (Å²) in [6.45, 7) is 3.80. The summed E-state index contributed by atoms with van der Waals surface area (Å²) < 4.78 is 1.66. The van der Waals surface area contributed by atoms with Crippen molar-refractivity contribution in [3.8, 4) is 0 Å². The number of para-hydroxylation sites is 1. The molecule has 0 saturated carbocycles. The second-order valence-corrected chi connectivity index (χ2v) is 8.90. The van der Waals surface area contributed by atoms with Crippen LogP contribution < -0.4 is 10.2 Å². The Labute approximate surface area is 195 Å². The highest BCUT2D eigenvalue weighted by atomic mass is 16.2. The van der Waals surface area contributed by atoms with Crippen molar-refractivity contribution in [3.05, 3.63) is 83.5 Å². The lowest BCUT2D eigenvalue weighted by Gasteiger charge is -2.24. The quantitative estimate of drug-likeness (QED) is 0.616. The van der Waals surface area contributed by atoms with Crippen LogP contribution in [0.4, 0.5) is 5.69 Å². The first-order chi connectivity index (χ1) is 16.5. The van der Waals surface area contributed by atoms with E-state index < -0.39 is 11.8 Å². The number of nitrogens with one attached hydrogen (secondary N) is 1. The number of ketones is 1. The topological polar surface area (TPSA) is 96.1 Å². The Bertz CT molecular complexity index is 1510. The van der Waals surface area contributed by atoms with Crippen molar-refractivity contribution < 1.29 is 14.4 Å². The number of nitrogens with zero attached hydrogens (tertiary/aromatic N) is 4. The van der Waals surface area contributed by atoms with E-state index in [0.29, 0.717) is 23.2 Å². The van der Waals surface area contributed by atoms with E-state index in [2.05, 4.69) is 15.4 Å². The Balaban J connectivity index is 1.56. The lowest BCUT2D eigenvalue weighted by atomic mass is 9.93. The molecule has 1 unspecified atom stereocenters. The maximum absolute atomic E-state index is 13.1. The van der Waals surface area contributed by atoms with E-state index in [9.17, 15) is 14.4 Å². The molecule has 8 heteroatoms. The number of anilines is 1. The van der Waals surface area contributed by atoms with Gasteiger partial charge in [-0.3, -0.25) is 24.7 Å². The normalized spacial score (nSPS) is 19.1. The first kappa shape index (κ1) is 20.3. The first-order valence-electron chi connectivity index (χ1n) is 11.2. The molecule has 168 valence electrons. The predicted molar refractivity (Wildman–Crippen MR) is 127 cm³/mol. The van der Waals surface area contributed by atoms with Crippen LogP contribution in [-0.4, -0.2) is 39.0 Å². The van der Waals surface area contributed by atoms with Gasteiger partial charge in [-0.25, -0.2) is 4.52 Å². The fraction of sp³-hybridized carbons (Fsp3) is 0.192. The SMILES string of the molecule is CC(C)C(=O)C1Cc2cccc3c2N1C=CN=C3C1=C(c2cnn3ccccc23)C(=O)NC1=O. The van der Waals surface area contributed by atoms with Gasteiger partial charge in [0.15, 0.2) is 5.78 Å². The van der Waals surface area contributed by atoms with Crippen LogP contribution in [0, 0.1) is 5.92 Å². The summed E-state index contributed by atoms with van der Waals surface area (Å²) >= 11 is 0. The summed E-state index contributed by atoms with van der Waals surface area (Å²) in [5.41, 5.74) is 4.72. The van der Waals surface area contributed by atoms with Crippen LogP contribution in [-0.2, 0) is 20.8 Å². The molecule has 5 heterocycles. The van der Waals surface area contributed by atoms with Gasteiger partial charge in [-0.1, -0.05) is 38.1 Å². The van der Waals surface area contributed by atoms with Crippen molar-refractivity contribution in [1.82, 2.24) is 14.9 Å². The molecule has 1 N–H and O–H groups in total. The Hall–Kier alpha value is -4.33. The van der Waals surface area contributed by atoms with Gasteiger partial charge in [0.1, 0.15) is 0 Å². The summed E-state index contributed by atoms with van der Waals surface area (Å²) in [5, 5.41) is 6.78. The number of hydrogen-bond donors (Lipinski definition) is 1. The molecular formula is C26H21N5O3. The Kier molecular flexibility index (Phi) is 4.38. The van der Waals surface area contributed by atoms with E-state index in [1.165, 1.54) is 0 Å². The number of carbonyl (C=O) groups excluding carboxylic acids is 3. The zero-order chi connectivity index (χ0) is 23.6. The molecule has 3 aromatic rings. The van der Waals surface area contributed by atoms with Gasteiger partial charge in [-0.15, -0.1) is 0 Å². The van der Waals surface area contributed by atoms with Crippen molar-refractivity contribution in [2.45, 2.75) is 26.3 Å². The summed E-state index contributed by atoms with van der Waals surface area (Å²) in [5.74, 6) is -0.938. The zero-order valence-electron chi connectivity index (χ0n) is 18.6. The minimum absolute atomic E-state index is 0.108. The van der Waals surface area contributed by atoms with E-state index in [1.807, 2.05) is 55.1 Å². The third-order valence-electron chi connectivity index (χ3n) is 6.57. The maximum Gasteiger partial charge on any atom is 0.261 e. The van der Waals surface area contributed by atoms with Crippen molar-refractivity contribution in [2.75, 3.05) is 4.90 Å². The number of aromatic nitrogens is 2. The molecule has 6 rings (SSSR count). The molecule has 1 atom stereocenters. The summed E-state index contributed by atoms with van der Waals surface area (Å²) in [6.07, 6.45) is 7.35. The third kappa shape index (κ3) is 2.81. The first-order valence-corrected chi connectivity index (χ1v) is 11.2. The average Bonchev–Trinajstić information content (AvgIpc) is 3.45. The minimum Gasteiger partial charge on any atom is -0.335 e. The molecule has 0 radical (unpaired) electrons. The highest BCUT2D eigenvalue weighted by Gasteiger charge is 2.41. The molecule has 0 bridgehead atoms. The number of fused-ring (bicyclic) bond motifs is 1. The van der Waals surface area contributed by atoms with Crippen LogP contribution in [0.5, 0.6) is 0 Å². The molecule has 2 amide bonds. The van der Waals surface area contributed by atoms with Gasteiger partial charge in [0, 0.05) is 42.1 Å². The number of rotatable bonds is 4. The minimum atomic E-state index is -0.499. The van der Waals surface area contributed by atoms with Gasteiger partial charge in [-0.05, 0) is 17.7 Å². The zero-order valence-corrected chi connectivity index (χ0v) is 18.6. The Morgan fingerprint density at radius 1 is 1.06 bits per heavy atom. The van der Waals surface area contributed by atoms with Crippen LogP contribution in [0.25, 0.3) is 11.1 Å². The highest BCUT2D eigenvalue weighted by Crippen LogP contribution is 2.41. The molecule has 34 heavy (non-hydrogen) atoms. The van der Waals surface area contributed by atoms with E-state index in [-0.39, 0.29) is 28.9 Å². The number of pyridine rings is 1. The number of benzene rings is 1. The summed E-state index contributed by atoms with van der Waals surface area (Å²) in [6, 6.07) is 11.0. The van der Waals surface area contributed by atoms with Gasteiger partial charge in [0.2, 0.25) is 0 Å². The standard InChI is InChI=1S/C26H21N5O3/c1-14(2)24(32)19-12-15-6-5-7-16-22(27-9-11-30(19)23(15)16)21-20(25(33)29-26(21)34)17-13-28-31-10-4-3-8-18(17)31/h3-11,13-14,19H,12H2,1-2H3,(H,29,33,34). The number of hydrogen-bond acceptors (Lipinski definition) is 6. The van der Waals surface area contributed by atoms with Crippen LogP contribution >= 0.6 is 0 Å². The molecule has 0 spiro atoms. The van der Waals surface area contributed by atoms with Crippen LogP contribution in [0.15, 0.2) is 71.8 Å². The predicted octanol–water partition coefficient (Wildman–Crippen LogP) is 2.67. The lowest BCUT2D eigenvalue weighted by Crippen LogP contribution is -2.37. The van der Waals surface area contributed by atoms with E-state index >= 15 is 0 Å². The largest absolute Gasteiger partial charge is 0.335 e. The van der Waals surface area contributed by atoms with E-state index in [4.69, 9.17) is 0 Å². The molecule has 1 aromatic carbocycles. The third-order valence-corrected chi connectivity index (χ3v) is 6.57. The molecule has 3 aliphatic rings. The molecule has 0 aliphatic carbocycles. The molecule has 8 nitrogen and oxygen atoms in total. The maximum atomic E-state index is 13.1. The van der Waals surface area contributed by atoms with Crippen LogP contribution in [0.1, 0.15) is 30.5 Å². The monoisotopic (exact) mass is 451 g/mol. The molecule has 0 saturated heterocycles. The number of carbonyl (C=O) groups is 3. The van der Waals surface area contributed by atoms with Gasteiger partial charge < -0.3 is 4.90 Å². The van der Waals surface area contributed by atoms with Crippen molar-refractivity contribution >= 4 is 40.1 Å². The molecule has 2 aromatic heterocycles. The van der Waals surface area contributed by atoms with E-state index in [1.54, 1.807) is 29.3 Å². The summed E-state index contributed by atoms with van der Waals surface area (Å²) in [7, 11) is 0. The fourth-order valence-corrected chi connectivity index (χ4v) is 5.03. The molecule has 3 aliphatic heterocycles. The smallest absolute Gasteiger partial charge is 0.261 e. The Morgan fingerprint density at radius 3 is 2.71 bits per heavy atom. The number of aliphatic imine (C=N–C) groups is 1. The number of imide groups is 1. The van der Waals surface area contributed by atoms with Crippen LogP contribution in [0.3, 0.4) is 0 Å². The van der Waals surface area contributed by atoms with E-state index in [0.717, 1.165) is 16.8 Å². The highest BCUT2D eigenvalue weighted by molar-refractivity contribution is 6.48. The lowest BCUT2D eigenvalue weighted by molar-refractivity contribution is -0.124. The van der Waals surface area contributed by atoms with Gasteiger partial charge in [-0.2, -0.15) is 5.10 Å². The van der Waals surface area contributed by atoms with Gasteiger partial charge >= 0.3 is 0 Å². The van der Waals surface area contributed by atoms with Crippen molar-refractivity contribution in [3.63, 3.8) is 0 Å². The second kappa shape index (κ2) is 7.34. The fourth-order valence-electron chi connectivity index (χ4n) is 5.03. The average molecular weight is 451 g/mol. The van der Waals surface area contributed by atoms with Crippen LogP contribution in [0.2, 0.25) is 0 Å². The Morgan fingerprint density at radius 2 is 1.88 bits per heavy atom. The summed E-state index contributed by atoms with van der Waals surface area (Å²) in [4.78, 5) is 45.6. The number of amides is 2. The van der Waals surface area contributed by atoms with Gasteiger partial charge in [0.05, 0.1) is 40.3 Å². The van der Waals surface area contributed by atoms with Crippen molar-refractivity contribution in [2.24, 2.45) is 10.9 Å².